The lowest BCUT2D eigenvalue weighted by Crippen LogP contribution is -2.71. The lowest BCUT2D eigenvalue weighted by Gasteiger charge is -2.67. The Morgan fingerprint density at radius 3 is 2.36 bits per heavy atom. The second kappa shape index (κ2) is 9.48. The van der Waals surface area contributed by atoms with Crippen molar-refractivity contribution in [1.82, 2.24) is 0 Å². The largest absolute Gasteiger partial charge is 0.457 e. The van der Waals surface area contributed by atoms with E-state index in [0.29, 0.717) is 25.0 Å². The monoisotopic (exact) mass is 568 g/mol. The van der Waals surface area contributed by atoms with Crippen LogP contribution in [0, 0.1) is 34.5 Å². The maximum Gasteiger partial charge on any atom is 0.306 e. The quantitative estimate of drug-likeness (QED) is 0.370. The highest BCUT2D eigenvalue weighted by atomic mass is 79.9. The fourth-order valence-electron chi connectivity index (χ4n) is 8.85. The lowest BCUT2D eigenvalue weighted by molar-refractivity contribution is -0.208. The zero-order valence-corrected chi connectivity index (χ0v) is 23.8. The summed E-state index contributed by atoms with van der Waals surface area (Å²) in [5.41, 5.74) is -2.55. The zero-order valence-electron chi connectivity index (χ0n) is 22.2. The number of hydrogen-bond acceptors (Lipinski definition) is 7. The first-order valence-electron chi connectivity index (χ1n) is 13.6. The summed E-state index contributed by atoms with van der Waals surface area (Å²) in [5.74, 6) is -1.06. The van der Waals surface area contributed by atoms with Gasteiger partial charge in [0.15, 0.2) is 12.2 Å². The van der Waals surface area contributed by atoms with E-state index in [-0.39, 0.29) is 48.3 Å². The number of alkyl halides is 1. The van der Waals surface area contributed by atoms with Gasteiger partial charge in [-0.25, -0.2) is 0 Å². The van der Waals surface area contributed by atoms with Crippen LogP contribution in [-0.2, 0) is 28.7 Å². The molecule has 9 atom stereocenters. The van der Waals surface area contributed by atoms with Crippen LogP contribution in [-0.4, -0.2) is 51.2 Å². The first kappa shape index (κ1) is 27.7. The second-order valence-electron chi connectivity index (χ2n) is 12.2. The van der Waals surface area contributed by atoms with E-state index in [4.69, 9.17) is 9.47 Å². The minimum Gasteiger partial charge on any atom is -0.457 e. The molecule has 0 aromatic heterocycles. The van der Waals surface area contributed by atoms with Crippen LogP contribution in [0.3, 0.4) is 0 Å². The van der Waals surface area contributed by atoms with Gasteiger partial charge in [0.05, 0.1) is 10.4 Å². The summed E-state index contributed by atoms with van der Waals surface area (Å²) in [4.78, 5) is 50.8. The van der Waals surface area contributed by atoms with Crippen molar-refractivity contribution >= 4 is 39.4 Å². The van der Waals surface area contributed by atoms with Crippen LogP contribution < -0.4 is 0 Å². The summed E-state index contributed by atoms with van der Waals surface area (Å²) >= 11 is 4.11. The van der Waals surface area contributed by atoms with E-state index in [1.165, 1.54) is 0 Å². The normalized spacial score (nSPS) is 45.8. The SMILES string of the molecule is CCC(=O)OCC(=O)[C@]1(OC(=O)CC)[C@@H](C)C[C@H]2[C@@H]3CC[C@H]4CC(=O)CC[C@]4(C)[C@@]3(Br)[C@@H](O)C[C@@]21C. The van der Waals surface area contributed by atoms with Crippen LogP contribution in [0.25, 0.3) is 0 Å². The van der Waals surface area contributed by atoms with Crippen LogP contribution in [0.4, 0.5) is 0 Å². The number of fused-ring (bicyclic) bond motifs is 5. The standard InChI is InChI=1S/C28H41BrO7/c1-6-23(33)35-15-22(32)28(36-24(34)7-2)16(3)12-20-19-9-8-17-13-18(30)10-11-25(17,4)27(19,29)21(31)14-26(20,28)5/h16-17,19-21,31H,6-15H2,1-5H3/t16-,17-,19-,20-,21-,25-,26-,27-,28+/m0/s1. The molecule has 0 spiro atoms. The molecule has 4 fully saturated rings. The Bertz CT molecular complexity index is 950. The number of halogens is 1. The van der Waals surface area contributed by atoms with Crippen LogP contribution >= 0.6 is 15.9 Å². The fraction of sp³-hybridized carbons (Fsp3) is 0.857. The molecule has 0 unspecified atom stereocenters. The summed E-state index contributed by atoms with van der Waals surface area (Å²) in [7, 11) is 0. The number of carbonyl (C=O) groups excluding carboxylic acids is 4. The highest BCUT2D eigenvalue weighted by Gasteiger charge is 2.76. The molecular formula is C28H41BrO7. The van der Waals surface area contributed by atoms with E-state index in [9.17, 15) is 24.3 Å². The molecule has 36 heavy (non-hydrogen) atoms. The van der Waals surface area contributed by atoms with Crippen molar-refractivity contribution in [2.24, 2.45) is 34.5 Å². The number of Topliss-reactive ketones (excluding diaryl/α,β-unsaturated/α-hetero) is 2. The van der Waals surface area contributed by atoms with Crippen molar-refractivity contribution in [3.8, 4) is 0 Å². The maximum atomic E-state index is 13.9. The Kier molecular flexibility index (Phi) is 7.30. The molecule has 8 heteroatoms. The van der Waals surface area contributed by atoms with Gasteiger partial charge in [0.25, 0.3) is 0 Å². The second-order valence-corrected chi connectivity index (χ2v) is 13.5. The number of ketones is 2. The molecule has 0 heterocycles. The van der Waals surface area contributed by atoms with Gasteiger partial charge >= 0.3 is 11.9 Å². The summed E-state index contributed by atoms with van der Waals surface area (Å²) in [5, 5.41) is 11.9. The third-order valence-corrected chi connectivity index (χ3v) is 12.7. The third-order valence-electron chi connectivity index (χ3n) is 10.7. The van der Waals surface area contributed by atoms with Gasteiger partial charge in [-0.05, 0) is 55.3 Å². The number of carbonyl (C=O) groups is 4. The molecule has 0 aromatic carbocycles. The van der Waals surface area contributed by atoms with Crippen molar-refractivity contribution in [1.29, 1.82) is 0 Å². The molecule has 0 radical (unpaired) electrons. The van der Waals surface area contributed by atoms with Crippen LogP contribution in [0.15, 0.2) is 0 Å². The van der Waals surface area contributed by atoms with Crippen LogP contribution in [0.5, 0.6) is 0 Å². The summed E-state index contributed by atoms with van der Waals surface area (Å²) < 4.78 is 10.8. The van der Waals surface area contributed by atoms with E-state index in [2.05, 4.69) is 22.9 Å². The van der Waals surface area contributed by atoms with Gasteiger partial charge in [-0.2, -0.15) is 0 Å². The Morgan fingerprint density at radius 1 is 1.06 bits per heavy atom. The van der Waals surface area contributed by atoms with Crippen molar-refractivity contribution in [2.45, 2.75) is 108 Å². The predicted molar refractivity (Wildman–Crippen MR) is 136 cm³/mol. The highest BCUT2D eigenvalue weighted by Crippen LogP contribution is 2.73. The summed E-state index contributed by atoms with van der Waals surface area (Å²) in [6.07, 6.45) is 3.99. The van der Waals surface area contributed by atoms with Gasteiger partial charge in [0.1, 0.15) is 5.78 Å². The number of aliphatic hydroxyl groups excluding tert-OH is 1. The van der Waals surface area contributed by atoms with Crippen LogP contribution in [0.1, 0.15) is 92.4 Å². The molecule has 0 amide bonds. The lowest BCUT2D eigenvalue weighted by atomic mass is 9.43. The Balaban J connectivity index is 1.77. The molecule has 4 aliphatic carbocycles. The topological polar surface area (TPSA) is 107 Å². The minimum atomic E-state index is -1.48. The van der Waals surface area contributed by atoms with Gasteiger partial charge in [0.2, 0.25) is 5.78 Å². The van der Waals surface area contributed by atoms with E-state index in [1.807, 2.05) is 13.8 Å². The molecule has 202 valence electrons. The Hall–Kier alpha value is -1.28. The molecular weight excluding hydrogens is 528 g/mol. The van der Waals surface area contributed by atoms with Crippen molar-refractivity contribution in [2.75, 3.05) is 6.61 Å². The summed E-state index contributed by atoms with van der Waals surface area (Å²) in [6, 6.07) is 0. The summed E-state index contributed by atoms with van der Waals surface area (Å²) in [6.45, 7) is 9.06. The molecule has 0 aromatic rings. The van der Waals surface area contributed by atoms with Gasteiger partial charge in [-0.3, -0.25) is 19.2 Å². The zero-order chi connectivity index (χ0) is 26.7. The van der Waals surface area contributed by atoms with Crippen LogP contribution in [0.2, 0.25) is 0 Å². The maximum absolute atomic E-state index is 13.9. The molecule has 0 bridgehead atoms. The smallest absolute Gasteiger partial charge is 0.306 e. The third kappa shape index (κ3) is 3.67. The van der Waals surface area contributed by atoms with Crippen molar-refractivity contribution in [3.63, 3.8) is 0 Å². The van der Waals surface area contributed by atoms with Gasteiger partial charge in [-0.15, -0.1) is 0 Å². The average molecular weight is 570 g/mol. The van der Waals surface area contributed by atoms with E-state index in [1.54, 1.807) is 13.8 Å². The van der Waals surface area contributed by atoms with Gasteiger partial charge in [-0.1, -0.05) is 50.5 Å². The number of aliphatic hydroxyl groups is 1. The van der Waals surface area contributed by atoms with Gasteiger partial charge < -0.3 is 14.6 Å². The van der Waals surface area contributed by atoms with Gasteiger partial charge in [0, 0.05) is 37.0 Å². The Morgan fingerprint density at radius 2 is 1.72 bits per heavy atom. The van der Waals surface area contributed by atoms with E-state index < -0.39 is 45.8 Å². The van der Waals surface area contributed by atoms with E-state index in [0.717, 1.165) is 19.3 Å². The molecule has 7 nitrogen and oxygen atoms in total. The number of esters is 2. The molecule has 1 N–H and O–H groups in total. The average Bonchev–Trinajstić information content (AvgIpc) is 3.05. The molecule has 0 saturated heterocycles. The molecule has 0 aliphatic heterocycles. The first-order valence-corrected chi connectivity index (χ1v) is 14.4. The van der Waals surface area contributed by atoms with E-state index >= 15 is 0 Å². The molecule has 4 saturated carbocycles. The fourth-order valence-corrected chi connectivity index (χ4v) is 10.1. The highest BCUT2D eigenvalue weighted by molar-refractivity contribution is 9.10. The molecule has 4 rings (SSSR count). The first-order chi connectivity index (χ1) is 16.8. The number of hydrogen-bond donors (Lipinski definition) is 1. The number of ether oxygens (including phenoxy) is 2. The molecule has 4 aliphatic rings. The van der Waals surface area contributed by atoms with Crippen molar-refractivity contribution < 1.29 is 33.8 Å². The van der Waals surface area contributed by atoms with Crippen molar-refractivity contribution in [3.05, 3.63) is 0 Å². The minimum absolute atomic E-state index is 0.0150. The Labute approximate surface area is 222 Å². The number of rotatable bonds is 6. The predicted octanol–water partition coefficient (Wildman–Crippen LogP) is 4.55.